The molecule has 0 aromatic carbocycles. The summed E-state index contributed by atoms with van der Waals surface area (Å²) in [6, 6.07) is 4.95. The Labute approximate surface area is 167 Å². The molecule has 4 heterocycles. The summed E-state index contributed by atoms with van der Waals surface area (Å²) in [6.07, 6.45) is 2.02. The van der Waals surface area contributed by atoms with Crippen LogP contribution in [-0.2, 0) is 10.0 Å². The van der Waals surface area contributed by atoms with Crippen LogP contribution in [0.4, 0.5) is 0 Å². The summed E-state index contributed by atoms with van der Waals surface area (Å²) in [6.45, 7) is 4.55. The van der Waals surface area contributed by atoms with Crippen molar-refractivity contribution in [2.24, 2.45) is 0 Å². The van der Waals surface area contributed by atoms with Crippen LogP contribution < -0.4 is 0 Å². The van der Waals surface area contributed by atoms with Gasteiger partial charge in [0.25, 0.3) is 5.91 Å². The average Bonchev–Trinajstić information content (AvgIpc) is 3.39. The lowest BCUT2D eigenvalue weighted by Crippen LogP contribution is -2.37. The molecule has 1 saturated heterocycles. The van der Waals surface area contributed by atoms with Gasteiger partial charge in [0.1, 0.15) is 4.90 Å². The molecule has 1 N–H and O–H groups in total. The van der Waals surface area contributed by atoms with Crippen molar-refractivity contribution < 1.29 is 22.2 Å². The molecule has 10 nitrogen and oxygen atoms in total. The number of aromatic nitrogens is 3. The maximum atomic E-state index is 13.0. The number of nitrogens with zero attached hydrogens (tertiary/aromatic N) is 4. The Morgan fingerprint density at radius 1 is 1.17 bits per heavy atom. The first-order valence-corrected chi connectivity index (χ1v) is 10.6. The van der Waals surface area contributed by atoms with Crippen molar-refractivity contribution in [1.29, 1.82) is 0 Å². The quantitative estimate of drug-likeness (QED) is 0.683. The number of hydrogen-bond acceptors (Lipinski definition) is 7. The number of hydrogen-bond donors (Lipinski definition) is 1. The van der Waals surface area contributed by atoms with Crippen LogP contribution in [0.15, 0.2) is 38.3 Å². The Morgan fingerprint density at radius 2 is 2.00 bits per heavy atom. The summed E-state index contributed by atoms with van der Waals surface area (Å²) in [4.78, 5) is 14.6. The van der Waals surface area contributed by atoms with Crippen molar-refractivity contribution >= 4 is 15.9 Å². The van der Waals surface area contributed by atoms with Gasteiger partial charge >= 0.3 is 0 Å². The standard InChI is InChI=1S/C18H21N5O5S/c1-12-17(13(2)20-19-12)29(25,26)23-7-4-6-22(8-9-23)18(24)14-11-16(28-21-14)15-5-3-10-27-15/h3,5,10-11H,4,6-9H2,1-2H3,(H,19,20). The SMILES string of the molecule is Cc1n[nH]c(C)c1S(=O)(=O)N1CCCN(C(=O)c2cc(-c3ccco3)on2)CC1. The molecule has 0 radical (unpaired) electrons. The fraction of sp³-hybridized carbons (Fsp3) is 0.389. The fourth-order valence-electron chi connectivity index (χ4n) is 3.46. The minimum absolute atomic E-state index is 0.161. The summed E-state index contributed by atoms with van der Waals surface area (Å²) < 4.78 is 37.9. The van der Waals surface area contributed by atoms with E-state index in [1.165, 1.54) is 16.6 Å². The maximum Gasteiger partial charge on any atom is 0.276 e. The highest BCUT2D eigenvalue weighted by Gasteiger charge is 2.32. The Bertz CT molecular complexity index is 1100. The lowest BCUT2D eigenvalue weighted by atomic mass is 10.3. The number of nitrogens with one attached hydrogen (secondary N) is 1. The van der Waals surface area contributed by atoms with Crippen molar-refractivity contribution in [1.82, 2.24) is 24.6 Å². The number of aromatic amines is 1. The highest BCUT2D eigenvalue weighted by atomic mass is 32.2. The second-order valence-corrected chi connectivity index (χ2v) is 8.74. The van der Waals surface area contributed by atoms with E-state index in [0.717, 1.165) is 0 Å². The van der Waals surface area contributed by atoms with Crippen LogP contribution in [0, 0.1) is 13.8 Å². The lowest BCUT2D eigenvalue weighted by Gasteiger charge is -2.21. The monoisotopic (exact) mass is 419 g/mol. The zero-order valence-electron chi connectivity index (χ0n) is 16.1. The van der Waals surface area contributed by atoms with Crippen molar-refractivity contribution in [3.05, 3.63) is 41.5 Å². The van der Waals surface area contributed by atoms with Crippen molar-refractivity contribution in [2.45, 2.75) is 25.2 Å². The van der Waals surface area contributed by atoms with E-state index in [0.29, 0.717) is 42.4 Å². The first-order valence-electron chi connectivity index (χ1n) is 9.19. The molecule has 0 unspecified atom stereocenters. The number of H-pyrrole nitrogens is 1. The summed E-state index contributed by atoms with van der Waals surface area (Å²) >= 11 is 0. The van der Waals surface area contributed by atoms with Crippen LogP contribution in [-0.4, -0.2) is 65.1 Å². The van der Waals surface area contributed by atoms with Crippen LogP contribution in [0.3, 0.4) is 0 Å². The Kier molecular flexibility index (Phi) is 5.01. The van der Waals surface area contributed by atoms with Crippen LogP contribution >= 0.6 is 0 Å². The van der Waals surface area contributed by atoms with Gasteiger partial charge in [-0.15, -0.1) is 0 Å². The van der Waals surface area contributed by atoms with E-state index in [2.05, 4.69) is 15.4 Å². The van der Waals surface area contributed by atoms with Crippen LogP contribution in [0.2, 0.25) is 0 Å². The first kappa shape index (κ1) is 19.4. The van der Waals surface area contributed by atoms with E-state index >= 15 is 0 Å². The summed E-state index contributed by atoms with van der Waals surface area (Å²) in [7, 11) is -3.69. The molecule has 1 aliphatic rings. The third-order valence-electron chi connectivity index (χ3n) is 4.89. The van der Waals surface area contributed by atoms with Gasteiger partial charge in [-0.05, 0) is 32.4 Å². The van der Waals surface area contributed by atoms with Gasteiger partial charge in [-0.3, -0.25) is 9.89 Å². The van der Waals surface area contributed by atoms with Gasteiger partial charge in [-0.2, -0.15) is 9.40 Å². The molecule has 1 fully saturated rings. The number of sulfonamides is 1. The zero-order chi connectivity index (χ0) is 20.6. The zero-order valence-corrected chi connectivity index (χ0v) is 16.9. The molecule has 11 heteroatoms. The number of furan rings is 1. The van der Waals surface area contributed by atoms with Crippen molar-refractivity contribution in [3.63, 3.8) is 0 Å². The van der Waals surface area contributed by atoms with Crippen molar-refractivity contribution in [3.8, 4) is 11.5 Å². The van der Waals surface area contributed by atoms with Crippen LogP contribution in [0.1, 0.15) is 28.3 Å². The Morgan fingerprint density at radius 3 is 2.69 bits per heavy atom. The molecule has 154 valence electrons. The molecule has 0 bridgehead atoms. The molecule has 3 aromatic rings. The number of carbonyl (C=O) groups is 1. The van der Waals surface area contributed by atoms with Gasteiger partial charge in [0.2, 0.25) is 15.8 Å². The van der Waals surface area contributed by atoms with E-state index in [1.54, 1.807) is 30.9 Å². The number of aryl methyl sites for hydroxylation is 2. The Balaban J connectivity index is 1.48. The van der Waals surface area contributed by atoms with Crippen molar-refractivity contribution in [2.75, 3.05) is 26.2 Å². The second kappa shape index (κ2) is 7.48. The van der Waals surface area contributed by atoms with E-state index < -0.39 is 10.0 Å². The summed E-state index contributed by atoms with van der Waals surface area (Å²) in [5, 5.41) is 10.5. The number of amides is 1. The molecule has 3 aromatic heterocycles. The largest absolute Gasteiger partial charge is 0.461 e. The first-order chi connectivity index (χ1) is 13.9. The van der Waals surface area contributed by atoms with Crippen LogP contribution in [0.5, 0.6) is 0 Å². The molecule has 0 saturated carbocycles. The van der Waals surface area contributed by atoms with Gasteiger partial charge in [0.15, 0.2) is 11.5 Å². The van der Waals surface area contributed by atoms with Gasteiger partial charge < -0.3 is 13.8 Å². The highest BCUT2D eigenvalue weighted by Crippen LogP contribution is 2.24. The van der Waals surface area contributed by atoms with Crippen LogP contribution in [0.25, 0.3) is 11.5 Å². The number of carbonyl (C=O) groups excluding carboxylic acids is 1. The van der Waals surface area contributed by atoms with E-state index in [-0.39, 0.29) is 29.6 Å². The fourth-order valence-corrected chi connectivity index (χ4v) is 5.26. The van der Waals surface area contributed by atoms with Gasteiger partial charge in [0, 0.05) is 32.2 Å². The molecule has 0 atom stereocenters. The topological polar surface area (TPSA) is 126 Å². The van der Waals surface area contributed by atoms with Gasteiger partial charge in [-0.1, -0.05) is 5.16 Å². The van der Waals surface area contributed by atoms with E-state index in [9.17, 15) is 13.2 Å². The summed E-state index contributed by atoms with van der Waals surface area (Å²) in [5.41, 5.74) is 1.11. The molecular weight excluding hydrogens is 398 g/mol. The van der Waals surface area contributed by atoms with Gasteiger partial charge in [0.05, 0.1) is 17.7 Å². The summed E-state index contributed by atoms with van der Waals surface area (Å²) in [5.74, 6) is 0.542. The second-order valence-electron chi connectivity index (χ2n) is 6.87. The molecule has 1 amide bonds. The highest BCUT2D eigenvalue weighted by molar-refractivity contribution is 7.89. The predicted octanol–water partition coefficient (Wildman–Crippen LogP) is 1.81. The Hall–Kier alpha value is -2.92. The average molecular weight is 419 g/mol. The molecular formula is C18H21N5O5S. The van der Waals surface area contributed by atoms with E-state index in [4.69, 9.17) is 8.94 Å². The molecule has 4 rings (SSSR count). The number of rotatable bonds is 4. The van der Waals surface area contributed by atoms with E-state index in [1.807, 2.05) is 0 Å². The van der Waals surface area contributed by atoms with Gasteiger partial charge in [-0.25, -0.2) is 8.42 Å². The third-order valence-corrected chi connectivity index (χ3v) is 7.06. The molecule has 29 heavy (non-hydrogen) atoms. The minimum atomic E-state index is -3.69. The predicted molar refractivity (Wildman–Crippen MR) is 102 cm³/mol. The molecule has 1 aliphatic heterocycles. The smallest absolute Gasteiger partial charge is 0.276 e. The molecule has 0 spiro atoms. The molecule has 0 aliphatic carbocycles. The normalized spacial score (nSPS) is 16.1. The lowest BCUT2D eigenvalue weighted by molar-refractivity contribution is 0.0754. The third kappa shape index (κ3) is 3.58. The maximum absolute atomic E-state index is 13.0. The minimum Gasteiger partial charge on any atom is -0.461 e.